The predicted octanol–water partition coefficient (Wildman–Crippen LogP) is 6.01. The summed E-state index contributed by atoms with van der Waals surface area (Å²) < 4.78 is 0. The van der Waals surface area contributed by atoms with Crippen LogP contribution in [-0.2, 0) is 0 Å². The van der Waals surface area contributed by atoms with Crippen LogP contribution in [0, 0.1) is 23.7 Å². The third-order valence-corrected chi connectivity index (χ3v) is 6.22. The van der Waals surface area contributed by atoms with Crippen LogP contribution >= 0.6 is 0 Å². The van der Waals surface area contributed by atoms with Crippen molar-refractivity contribution in [1.29, 1.82) is 0 Å². The molecule has 1 atom stereocenters. The summed E-state index contributed by atoms with van der Waals surface area (Å²) >= 11 is 0. The highest BCUT2D eigenvalue weighted by atomic mass is 14.9. The van der Waals surface area contributed by atoms with Gasteiger partial charge in [-0.1, -0.05) is 79.1 Å². The minimum Gasteiger partial charge on any atom is -0.317 e. The van der Waals surface area contributed by atoms with Crippen molar-refractivity contribution in [2.24, 2.45) is 23.7 Å². The number of nitrogens with one attached hydrogen (secondary N) is 2. The van der Waals surface area contributed by atoms with Crippen molar-refractivity contribution >= 4 is 0 Å². The largest absolute Gasteiger partial charge is 0.317 e. The van der Waals surface area contributed by atoms with Crippen molar-refractivity contribution in [3.8, 4) is 0 Å². The molecule has 1 unspecified atom stereocenters. The SMILES string of the molecule is CC1CCC1.CC1CCCCC1.CC1CCNC1.CC1CCNCC1. The highest BCUT2D eigenvalue weighted by Gasteiger charge is 2.09. The van der Waals surface area contributed by atoms with E-state index in [-0.39, 0.29) is 0 Å². The fourth-order valence-electron chi connectivity index (χ4n) is 3.68. The Morgan fingerprint density at radius 2 is 0.880 bits per heavy atom. The van der Waals surface area contributed by atoms with E-state index in [0.29, 0.717) is 0 Å². The van der Waals surface area contributed by atoms with Gasteiger partial charge in [0.05, 0.1) is 0 Å². The number of hydrogen-bond donors (Lipinski definition) is 2. The second-order valence-electron chi connectivity index (χ2n) is 9.31. The van der Waals surface area contributed by atoms with Crippen molar-refractivity contribution in [3.63, 3.8) is 0 Å². The van der Waals surface area contributed by atoms with E-state index in [1.165, 1.54) is 96.8 Å². The fraction of sp³-hybridized carbons (Fsp3) is 1.00. The lowest BCUT2D eigenvalue weighted by Crippen LogP contribution is -2.26. The second-order valence-corrected chi connectivity index (χ2v) is 9.31. The Morgan fingerprint density at radius 1 is 0.440 bits per heavy atom. The topological polar surface area (TPSA) is 24.1 Å². The summed E-state index contributed by atoms with van der Waals surface area (Å²) in [7, 11) is 0. The smallest absolute Gasteiger partial charge is 0.00227 e. The van der Waals surface area contributed by atoms with Gasteiger partial charge in [-0.25, -0.2) is 0 Å². The maximum atomic E-state index is 3.32. The molecule has 4 aliphatic rings. The summed E-state index contributed by atoms with van der Waals surface area (Å²) in [5.41, 5.74) is 0. The fourth-order valence-corrected chi connectivity index (χ4v) is 3.68. The Labute approximate surface area is 159 Å². The molecule has 150 valence electrons. The molecule has 2 aliphatic heterocycles. The molecule has 0 radical (unpaired) electrons. The first-order valence-corrected chi connectivity index (χ1v) is 11.5. The van der Waals surface area contributed by atoms with Gasteiger partial charge in [-0.3, -0.25) is 0 Å². The predicted molar refractivity (Wildman–Crippen MR) is 113 cm³/mol. The van der Waals surface area contributed by atoms with Crippen LogP contribution < -0.4 is 10.6 Å². The molecule has 2 aliphatic carbocycles. The molecule has 25 heavy (non-hydrogen) atoms. The Morgan fingerprint density at radius 3 is 1.08 bits per heavy atom. The van der Waals surface area contributed by atoms with Gasteiger partial charge in [0.1, 0.15) is 0 Å². The quantitative estimate of drug-likeness (QED) is 0.557. The van der Waals surface area contributed by atoms with Gasteiger partial charge in [-0.05, 0) is 69.1 Å². The number of rotatable bonds is 0. The zero-order valence-corrected chi connectivity index (χ0v) is 17.9. The average Bonchev–Trinajstić information content (AvgIpc) is 3.07. The van der Waals surface area contributed by atoms with Crippen LogP contribution in [0.5, 0.6) is 0 Å². The molecule has 0 spiro atoms. The van der Waals surface area contributed by atoms with Crippen molar-refractivity contribution in [2.45, 2.75) is 98.3 Å². The van der Waals surface area contributed by atoms with Gasteiger partial charge >= 0.3 is 0 Å². The van der Waals surface area contributed by atoms with Gasteiger partial charge < -0.3 is 10.6 Å². The zero-order valence-electron chi connectivity index (χ0n) is 17.9. The van der Waals surface area contributed by atoms with Crippen LogP contribution in [0.3, 0.4) is 0 Å². The molecule has 2 heteroatoms. The Bertz CT molecular complexity index is 254. The van der Waals surface area contributed by atoms with Gasteiger partial charge in [0.15, 0.2) is 0 Å². The van der Waals surface area contributed by atoms with E-state index >= 15 is 0 Å². The van der Waals surface area contributed by atoms with Crippen molar-refractivity contribution in [1.82, 2.24) is 10.6 Å². The van der Waals surface area contributed by atoms with Crippen LogP contribution in [0.25, 0.3) is 0 Å². The third-order valence-electron chi connectivity index (χ3n) is 6.22. The molecule has 2 saturated heterocycles. The van der Waals surface area contributed by atoms with Crippen molar-refractivity contribution in [2.75, 3.05) is 26.2 Å². The van der Waals surface area contributed by atoms with Gasteiger partial charge in [0, 0.05) is 0 Å². The van der Waals surface area contributed by atoms with Crippen LogP contribution in [0.1, 0.15) is 98.3 Å². The molecule has 0 aromatic rings. The molecule has 0 bridgehead atoms. The Hall–Kier alpha value is -0.0800. The lowest BCUT2D eigenvalue weighted by molar-refractivity contribution is 0.346. The van der Waals surface area contributed by atoms with Crippen LogP contribution in [-0.4, -0.2) is 26.2 Å². The molecule has 2 saturated carbocycles. The minimum absolute atomic E-state index is 0.935. The molecule has 0 aromatic carbocycles. The molecular formula is C23H48N2. The summed E-state index contributed by atoms with van der Waals surface area (Å²) in [6, 6.07) is 0. The summed E-state index contributed by atoms with van der Waals surface area (Å²) in [5, 5.41) is 6.59. The molecular weight excluding hydrogens is 304 g/mol. The van der Waals surface area contributed by atoms with E-state index in [4.69, 9.17) is 0 Å². The molecule has 0 amide bonds. The molecule has 0 aromatic heterocycles. The van der Waals surface area contributed by atoms with Gasteiger partial charge in [0.2, 0.25) is 0 Å². The van der Waals surface area contributed by atoms with E-state index in [9.17, 15) is 0 Å². The second kappa shape index (κ2) is 15.0. The van der Waals surface area contributed by atoms with E-state index in [1.807, 2.05) is 0 Å². The standard InChI is InChI=1S/C7H14.C6H13N.C5H11N.C5H10/c1-7-5-3-2-4-6-7;1-6-2-4-7-5-3-6;1-5-2-3-6-4-5;1-5-3-2-4-5/h7H,2-6H2,1H3;6-7H,2-5H2,1H3;5-6H,2-4H2,1H3;5H,2-4H2,1H3. The summed E-state index contributed by atoms with van der Waals surface area (Å²) in [5.74, 6) is 4.01. The van der Waals surface area contributed by atoms with Gasteiger partial charge in [0.25, 0.3) is 0 Å². The van der Waals surface area contributed by atoms with E-state index in [0.717, 1.165) is 23.7 Å². The first kappa shape index (κ1) is 23.0. The third kappa shape index (κ3) is 13.7. The van der Waals surface area contributed by atoms with E-state index < -0.39 is 0 Å². The van der Waals surface area contributed by atoms with E-state index in [2.05, 4.69) is 38.3 Å². The van der Waals surface area contributed by atoms with Crippen LogP contribution in [0.15, 0.2) is 0 Å². The average molecular weight is 353 g/mol. The van der Waals surface area contributed by atoms with Crippen molar-refractivity contribution < 1.29 is 0 Å². The zero-order chi connectivity index (χ0) is 18.3. The highest BCUT2D eigenvalue weighted by Crippen LogP contribution is 2.24. The van der Waals surface area contributed by atoms with E-state index in [1.54, 1.807) is 0 Å². The molecule has 4 fully saturated rings. The minimum atomic E-state index is 0.935. The normalized spacial score (nSPS) is 27.6. The molecule has 2 heterocycles. The number of hydrogen-bond acceptors (Lipinski definition) is 2. The summed E-state index contributed by atoms with van der Waals surface area (Å²) in [4.78, 5) is 0. The summed E-state index contributed by atoms with van der Waals surface area (Å²) in [6.45, 7) is 14.2. The van der Waals surface area contributed by atoms with Crippen molar-refractivity contribution in [3.05, 3.63) is 0 Å². The molecule has 2 nitrogen and oxygen atoms in total. The lowest BCUT2D eigenvalue weighted by atomic mass is 9.88. The van der Waals surface area contributed by atoms with Crippen LogP contribution in [0.4, 0.5) is 0 Å². The maximum absolute atomic E-state index is 3.32. The first-order chi connectivity index (χ1) is 12.1. The van der Waals surface area contributed by atoms with Crippen LogP contribution in [0.2, 0.25) is 0 Å². The van der Waals surface area contributed by atoms with Gasteiger partial charge in [-0.15, -0.1) is 0 Å². The van der Waals surface area contributed by atoms with Gasteiger partial charge in [-0.2, -0.15) is 0 Å². The first-order valence-electron chi connectivity index (χ1n) is 11.5. The highest BCUT2D eigenvalue weighted by molar-refractivity contribution is 4.65. The lowest BCUT2D eigenvalue weighted by Gasteiger charge is -2.18. The molecule has 4 rings (SSSR count). The molecule has 2 N–H and O–H groups in total. The Balaban J connectivity index is 0.000000168. The maximum Gasteiger partial charge on any atom is -0.00227 e. The monoisotopic (exact) mass is 352 g/mol. The number of piperidine rings is 1. The summed E-state index contributed by atoms with van der Waals surface area (Å²) in [6.07, 6.45) is 16.0. The Kier molecular flexibility index (Phi) is 13.8.